The molecule has 26 heavy (non-hydrogen) atoms. The first-order chi connectivity index (χ1) is 12.7. The van der Waals surface area contributed by atoms with Crippen LogP contribution < -0.4 is 5.32 Å². The summed E-state index contributed by atoms with van der Waals surface area (Å²) < 4.78 is 1.86. The zero-order valence-electron chi connectivity index (χ0n) is 15.3. The number of nitrogens with one attached hydrogen (secondary N) is 1. The second-order valence-electron chi connectivity index (χ2n) is 6.31. The summed E-state index contributed by atoms with van der Waals surface area (Å²) in [7, 11) is 4.02. The second-order valence-corrected chi connectivity index (χ2v) is 6.31. The molecule has 5 nitrogen and oxygen atoms in total. The van der Waals surface area contributed by atoms with E-state index in [1.54, 1.807) is 6.20 Å². The Morgan fingerprint density at radius 2 is 1.77 bits per heavy atom. The van der Waals surface area contributed by atoms with Gasteiger partial charge in [-0.3, -0.25) is 0 Å². The van der Waals surface area contributed by atoms with Gasteiger partial charge in [0.05, 0.1) is 12.2 Å². The standard InChI is InChI=1S/C21H25N5/c1-25(2)21(23-17-19-7-4-3-5-8-19)22-15-13-18-9-11-20(12-10-18)26-16-6-14-24-26/h3-12,14,16H,13,15,17H2,1-2H3,(H,22,23). The number of benzene rings is 2. The first-order valence-corrected chi connectivity index (χ1v) is 8.81. The van der Waals surface area contributed by atoms with Crippen LogP contribution in [0.15, 0.2) is 78.0 Å². The van der Waals surface area contributed by atoms with Gasteiger partial charge in [0, 0.05) is 33.0 Å². The monoisotopic (exact) mass is 347 g/mol. The van der Waals surface area contributed by atoms with Gasteiger partial charge >= 0.3 is 0 Å². The van der Waals surface area contributed by atoms with Crippen LogP contribution in [0.5, 0.6) is 0 Å². The molecule has 2 aromatic carbocycles. The minimum atomic E-state index is 0.680. The number of hydrogen-bond donors (Lipinski definition) is 1. The average molecular weight is 347 g/mol. The Morgan fingerprint density at radius 1 is 1.00 bits per heavy atom. The zero-order valence-corrected chi connectivity index (χ0v) is 15.3. The van der Waals surface area contributed by atoms with E-state index in [1.807, 2.05) is 54.1 Å². The van der Waals surface area contributed by atoms with Crippen LogP contribution in [0.3, 0.4) is 0 Å². The minimum absolute atomic E-state index is 0.680. The summed E-state index contributed by atoms with van der Waals surface area (Å²) in [4.78, 5) is 6.71. The molecule has 5 heteroatoms. The van der Waals surface area contributed by atoms with Crippen molar-refractivity contribution in [2.45, 2.75) is 13.0 Å². The highest BCUT2D eigenvalue weighted by Gasteiger charge is 2.02. The van der Waals surface area contributed by atoms with E-state index in [0.717, 1.165) is 24.6 Å². The molecule has 1 heterocycles. The van der Waals surface area contributed by atoms with Gasteiger partial charge in [0.1, 0.15) is 0 Å². The third-order valence-corrected chi connectivity index (χ3v) is 4.08. The number of guanidine groups is 1. The summed E-state index contributed by atoms with van der Waals surface area (Å²) in [6.07, 6.45) is 4.68. The van der Waals surface area contributed by atoms with E-state index in [-0.39, 0.29) is 0 Å². The van der Waals surface area contributed by atoms with E-state index in [9.17, 15) is 0 Å². The van der Waals surface area contributed by atoms with Crippen LogP contribution in [0.4, 0.5) is 0 Å². The molecular weight excluding hydrogens is 322 g/mol. The van der Waals surface area contributed by atoms with Crippen molar-refractivity contribution in [2.75, 3.05) is 20.6 Å². The molecule has 0 saturated heterocycles. The van der Waals surface area contributed by atoms with Crippen molar-refractivity contribution in [1.29, 1.82) is 0 Å². The summed E-state index contributed by atoms with van der Waals surface area (Å²) >= 11 is 0. The molecule has 134 valence electrons. The molecule has 0 radical (unpaired) electrons. The van der Waals surface area contributed by atoms with E-state index in [4.69, 9.17) is 4.99 Å². The summed E-state index contributed by atoms with van der Waals surface area (Å²) in [6, 6.07) is 20.7. The van der Waals surface area contributed by atoms with Gasteiger partial charge < -0.3 is 10.2 Å². The summed E-state index contributed by atoms with van der Waals surface area (Å²) in [5, 5.41) is 7.69. The van der Waals surface area contributed by atoms with E-state index in [0.29, 0.717) is 6.54 Å². The van der Waals surface area contributed by atoms with Gasteiger partial charge in [0.2, 0.25) is 0 Å². The van der Waals surface area contributed by atoms with Gasteiger partial charge in [-0.2, -0.15) is 5.10 Å². The highest BCUT2D eigenvalue weighted by atomic mass is 15.3. The largest absolute Gasteiger partial charge is 0.356 e. The molecule has 0 unspecified atom stereocenters. The smallest absolute Gasteiger partial charge is 0.193 e. The SMILES string of the molecule is CN(C)C(=NCc1ccccc1)NCCc1ccc(-n2cccn2)cc1. The van der Waals surface area contributed by atoms with Crippen LogP contribution in [0, 0.1) is 0 Å². The fraction of sp³-hybridized carbons (Fsp3) is 0.238. The molecule has 0 fully saturated rings. The molecule has 0 atom stereocenters. The fourth-order valence-electron chi connectivity index (χ4n) is 2.66. The molecule has 0 bridgehead atoms. The Hall–Kier alpha value is -3.08. The maximum Gasteiger partial charge on any atom is 0.193 e. The van der Waals surface area contributed by atoms with E-state index < -0.39 is 0 Å². The fourth-order valence-corrected chi connectivity index (χ4v) is 2.66. The van der Waals surface area contributed by atoms with Crippen LogP contribution in [-0.4, -0.2) is 41.3 Å². The van der Waals surface area contributed by atoms with Crippen molar-refractivity contribution in [3.05, 3.63) is 84.2 Å². The molecule has 1 aromatic heterocycles. The molecule has 0 saturated carbocycles. The van der Waals surface area contributed by atoms with Gasteiger partial charge in [-0.15, -0.1) is 0 Å². The van der Waals surface area contributed by atoms with Gasteiger partial charge in [-0.25, -0.2) is 9.67 Å². The molecule has 0 aliphatic rings. The Labute approximate surface area is 155 Å². The lowest BCUT2D eigenvalue weighted by Gasteiger charge is -2.17. The van der Waals surface area contributed by atoms with Gasteiger partial charge in [-0.1, -0.05) is 42.5 Å². The Morgan fingerprint density at radius 3 is 2.42 bits per heavy atom. The van der Waals surface area contributed by atoms with E-state index in [2.05, 4.69) is 46.8 Å². The Balaban J connectivity index is 1.53. The number of nitrogens with zero attached hydrogens (tertiary/aromatic N) is 4. The van der Waals surface area contributed by atoms with Crippen LogP contribution in [0.1, 0.15) is 11.1 Å². The second kappa shape index (κ2) is 8.85. The minimum Gasteiger partial charge on any atom is -0.356 e. The molecular formula is C21H25N5. The average Bonchev–Trinajstić information content (AvgIpc) is 3.20. The third-order valence-electron chi connectivity index (χ3n) is 4.08. The van der Waals surface area contributed by atoms with E-state index >= 15 is 0 Å². The Kier molecular flexibility index (Phi) is 6.04. The first kappa shape index (κ1) is 17.7. The molecule has 0 aliphatic heterocycles. The molecule has 1 N–H and O–H groups in total. The van der Waals surface area contributed by atoms with Crippen LogP contribution in [0.2, 0.25) is 0 Å². The maximum atomic E-state index is 4.69. The number of aromatic nitrogens is 2. The lowest BCUT2D eigenvalue weighted by Crippen LogP contribution is -2.37. The van der Waals surface area contributed by atoms with Crippen molar-refractivity contribution >= 4 is 5.96 Å². The van der Waals surface area contributed by atoms with Crippen molar-refractivity contribution < 1.29 is 0 Å². The quantitative estimate of drug-likeness (QED) is 0.550. The molecule has 0 aliphatic carbocycles. The predicted molar refractivity (Wildman–Crippen MR) is 107 cm³/mol. The van der Waals surface area contributed by atoms with Crippen molar-refractivity contribution in [1.82, 2.24) is 20.0 Å². The number of rotatable bonds is 6. The lowest BCUT2D eigenvalue weighted by molar-refractivity contribution is 0.579. The van der Waals surface area contributed by atoms with Crippen molar-refractivity contribution in [3.8, 4) is 5.69 Å². The number of aliphatic imine (C=N–C) groups is 1. The van der Waals surface area contributed by atoms with Crippen LogP contribution in [0.25, 0.3) is 5.69 Å². The molecule has 0 amide bonds. The molecule has 3 rings (SSSR count). The molecule has 3 aromatic rings. The maximum absolute atomic E-state index is 4.69. The highest BCUT2D eigenvalue weighted by molar-refractivity contribution is 5.79. The lowest BCUT2D eigenvalue weighted by atomic mass is 10.1. The topological polar surface area (TPSA) is 45.5 Å². The number of hydrogen-bond acceptors (Lipinski definition) is 2. The van der Waals surface area contributed by atoms with Crippen LogP contribution >= 0.6 is 0 Å². The normalized spacial score (nSPS) is 11.4. The molecule has 0 spiro atoms. The highest BCUT2D eigenvalue weighted by Crippen LogP contribution is 2.09. The summed E-state index contributed by atoms with van der Waals surface area (Å²) in [6.45, 7) is 1.52. The van der Waals surface area contributed by atoms with E-state index in [1.165, 1.54) is 11.1 Å². The predicted octanol–water partition coefficient (Wildman–Crippen LogP) is 3.12. The summed E-state index contributed by atoms with van der Waals surface area (Å²) in [5.41, 5.74) is 3.57. The first-order valence-electron chi connectivity index (χ1n) is 8.81. The summed E-state index contributed by atoms with van der Waals surface area (Å²) in [5.74, 6) is 0.905. The Bertz CT molecular complexity index is 805. The third kappa shape index (κ3) is 4.96. The van der Waals surface area contributed by atoms with Gasteiger partial charge in [0.25, 0.3) is 0 Å². The van der Waals surface area contributed by atoms with Crippen molar-refractivity contribution in [2.24, 2.45) is 4.99 Å². The van der Waals surface area contributed by atoms with Crippen molar-refractivity contribution in [3.63, 3.8) is 0 Å². The van der Waals surface area contributed by atoms with Gasteiger partial charge in [-0.05, 0) is 35.7 Å². The van der Waals surface area contributed by atoms with Gasteiger partial charge in [0.15, 0.2) is 5.96 Å². The van der Waals surface area contributed by atoms with Crippen LogP contribution in [-0.2, 0) is 13.0 Å². The zero-order chi connectivity index (χ0) is 18.2.